The fraction of sp³-hybridized carbons (Fsp3) is 0.333. The molecule has 0 aliphatic heterocycles. The van der Waals surface area contributed by atoms with Crippen LogP contribution in [-0.2, 0) is 0 Å². The molecule has 0 aliphatic carbocycles. The average Bonchev–Trinajstić information content (AvgIpc) is 2.41. The number of aromatic hydroxyl groups is 1. The highest BCUT2D eigenvalue weighted by atomic mass is 35.5. The molecule has 0 spiro atoms. The number of phenols is 1. The summed E-state index contributed by atoms with van der Waals surface area (Å²) in [7, 11) is 0. The predicted molar refractivity (Wildman–Crippen MR) is 63.7 cm³/mol. The van der Waals surface area contributed by atoms with Gasteiger partial charge in [0.1, 0.15) is 10.9 Å². The summed E-state index contributed by atoms with van der Waals surface area (Å²) in [6, 6.07) is 5.80. The molecule has 0 radical (unpaired) electrons. The predicted octanol–water partition coefficient (Wildman–Crippen LogP) is 3.89. The summed E-state index contributed by atoms with van der Waals surface area (Å²) < 4.78 is 2.03. The number of fused-ring (bicyclic) bond motifs is 1. The Labute approximate surface area is 94.1 Å². The summed E-state index contributed by atoms with van der Waals surface area (Å²) in [5.41, 5.74) is 1.94. The topological polar surface area (TPSA) is 25.2 Å². The van der Waals surface area contributed by atoms with Gasteiger partial charge < -0.3 is 9.67 Å². The van der Waals surface area contributed by atoms with Crippen molar-refractivity contribution in [3.05, 3.63) is 28.9 Å². The molecule has 2 rings (SSSR count). The number of halogens is 1. The number of nitrogens with zero attached hydrogens (tertiary/aromatic N) is 1. The molecule has 1 N–H and O–H groups in total. The molecule has 80 valence electrons. The summed E-state index contributed by atoms with van der Waals surface area (Å²) in [4.78, 5) is 0. The zero-order valence-electron chi connectivity index (χ0n) is 9.08. The Kier molecular flexibility index (Phi) is 2.39. The Morgan fingerprint density at radius 1 is 1.33 bits per heavy atom. The summed E-state index contributed by atoms with van der Waals surface area (Å²) in [5, 5.41) is 11.4. The maximum absolute atomic E-state index is 9.80. The second-order valence-electron chi connectivity index (χ2n) is 4.05. The van der Waals surface area contributed by atoms with Crippen LogP contribution in [-0.4, -0.2) is 9.67 Å². The van der Waals surface area contributed by atoms with E-state index in [1.54, 1.807) is 6.07 Å². The van der Waals surface area contributed by atoms with Crippen molar-refractivity contribution in [2.75, 3.05) is 0 Å². The number of hydrogen-bond donors (Lipinski definition) is 1. The number of aromatic nitrogens is 1. The molecule has 0 bridgehead atoms. The first-order valence-electron chi connectivity index (χ1n) is 5.02. The molecule has 3 heteroatoms. The van der Waals surface area contributed by atoms with Gasteiger partial charge in [0.25, 0.3) is 0 Å². The lowest BCUT2D eigenvalue weighted by molar-refractivity contribution is 0.481. The molecule has 0 fully saturated rings. The summed E-state index contributed by atoms with van der Waals surface area (Å²) in [6.07, 6.45) is 0. The molecule has 1 heterocycles. The lowest BCUT2D eigenvalue weighted by Crippen LogP contribution is -1.99. The maximum atomic E-state index is 9.80. The van der Waals surface area contributed by atoms with E-state index in [1.807, 2.05) is 23.6 Å². The van der Waals surface area contributed by atoms with Crippen molar-refractivity contribution in [3.63, 3.8) is 0 Å². The Morgan fingerprint density at radius 3 is 2.60 bits per heavy atom. The second-order valence-corrected chi connectivity index (χ2v) is 4.41. The molecule has 2 nitrogen and oxygen atoms in total. The highest BCUT2D eigenvalue weighted by Crippen LogP contribution is 2.36. The summed E-state index contributed by atoms with van der Waals surface area (Å²) >= 11 is 6.26. The zero-order chi connectivity index (χ0) is 11.2. The number of hydrogen-bond acceptors (Lipinski definition) is 1. The molecule has 0 unspecified atom stereocenters. The third kappa shape index (κ3) is 1.40. The van der Waals surface area contributed by atoms with E-state index in [9.17, 15) is 5.11 Å². The van der Waals surface area contributed by atoms with E-state index in [1.165, 1.54) is 0 Å². The van der Waals surface area contributed by atoms with Gasteiger partial charge in [0.05, 0.1) is 5.52 Å². The third-order valence-electron chi connectivity index (χ3n) is 2.69. The van der Waals surface area contributed by atoms with Crippen LogP contribution in [0.5, 0.6) is 5.75 Å². The third-order valence-corrected chi connectivity index (χ3v) is 3.16. The van der Waals surface area contributed by atoms with Crippen molar-refractivity contribution in [3.8, 4) is 5.75 Å². The zero-order valence-corrected chi connectivity index (χ0v) is 9.84. The van der Waals surface area contributed by atoms with Gasteiger partial charge in [0, 0.05) is 11.4 Å². The van der Waals surface area contributed by atoms with E-state index in [0.29, 0.717) is 10.9 Å². The monoisotopic (exact) mass is 223 g/mol. The normalized spacial score (nSPS) is 11.5. The van der Waals surface area contributed by atoms with E-state index in [4.69, 9.17) is 11.6 Å². The van der Waals surface area contributed by atoms with Gasteiger partial charge in [0.15, 0.2) is 0 Å². The quantitative estimate of drug-likeness (QED) is 0.780. The first kappa shape index (κ1) is 10.4. The van der Waals surface area contributed by atoms with Gasteiger partial charge in [-0.3, -0.25) is 0 Å². The molecular formula is C12H14ClNO. The van der Waals surface area contributed by atoms with Crippen LogP contribution >= 0.6 is 11.6 Å². The van der Waals surface area contributed by atoms with Crippen LogP contribution in [0.25, 0.3) is 10.9 Å². The van der Waals surface area contributed by atoms with Gasteiger partial charge in [-0.1, -0.05) is 17.7 Å². The number of aryl methyl sites for hydroxylation is 1. The maximum Gasteiger partial charge on any atom is 0.125 e. The van der Waals surface area contributed by atoms with Crippen molar-refractivity contribution in [1.29, 1.82) is 0 Å². The van der Waals surface area contributed by atoms with Crippen molar-refractivity contribution >= 4 is 22.5 Å². The average molecular weight is 224 g/mol. The molecular weight excluding hydrogens is 210 g/mol. The van der Waals surface area contributed by atoms with E-state index in [2.05, 4.69) is 13.8 Å². The van der Waals surface area contributed by atoms with Crippen LogP contribution in [0, 0.1) is 6.92 Å². The van der Waals surface area contributed by atoms with Crippen LogP contribution in [0.1, 0.15) is 25.5 Å². The Balaban J connectivity index is 2.94. The summed E-state index contributed by atoms with van der Waals surface area (Å²) in [5.74, 6) is 0.298. The van der Waals surface area contributed by atoms with Crippen LogP contribution in [0.4, 0.5) is 0 Å². The second kappa shape index (κ2) is 3.46. The molecule has 1 aromatic carbocycles. The van der Waals surface area contributed by atoms with Gasteiger partial charge >= 0.3 is 0 Å². The Morgan fingerprint density at radius 2 is 2.00 bits per heavy atom. The van der Waals surface area contributed by atoms with Crippen molar-refractivity contribution in [2.24, 2.45) is 0 Å². The standard InChI is InChI=1S/C12H14ClNO/c1-7(2)14-9-5-4-6-10(15)11(9)8(3)12(14)13/h4-7,15H,1-3H3. The molecule has 0 saturated heterocycles. The molecule has 2 aromatic rings. The number of benzene rings is 1. The van der Waals surface area contributed by atoms with Gasteiger partial charge in [-0.05, 0) is 38.5 Å². The Bertz CT molecular complexity index is 514. The van der Waals surface area contributed by atoms with Gasteiger partial charge in [-0.15, -0.1) is 0 Å². The molecule has 0 atom stereocenters. The largest absolute Gasteiger partial charge is 0.507 e. The van der Waals surface area contributed by atoms with E-state index < -0.39 is 0 Å². The fourth-order valence-electron chi connectivity index (χ4n) is 2.01. The van der Waals surface area contributed by atoms with Crippen LogP contribution < -0.4 is 0 Å². The molecule has 1 aromatic heterocycles. The molecule has 15 heavy (non-hydrogen) atoms. The van der Waals surface area contributed by atoms with Gasteiger partial charge in [-0.2, -0.15) is 0 Å². The van der Waals surface area contributed by atoms with Crippen molar-refractivity contribution in [2.45, 2.75) is 26.8 Å². The van der Waals surface area contributed by atoms with Crippen molar-refractivity contribution < 1.29 is 5.11 Å². The first-order chi connectivity index (χ1) is 7.04. The SMILES string of the molecule is Cc1c(Cl)n(C(C)C)c2cccc(O)c12. The van der Waals surface area contributed by atoms with E-state index in [-0.39, 0.29) is 6.04 Å². The smallest absolute Gasteiger partial charge is 0.125 e. The fourth-order valence-corrected chi connectivity index (χ4v) is 2.39. The highest BCUT2D eigenvalue weighted by Gasteiger charge is 2.16. The van der Waals surface area contributed by atoms with Crippen LogP contribution in [0.2, 0.25) is 5.15 Å². The lowest BCUT2D eigenvalue weighted by atomic mass is 10.2. The van der Waals surface area contributed by atoms with Gasteiger partial charge in [0.2, 0.25) is 0 Å². The number of rotatable bonds is 1. The molecule has 0 amide bonds. The van der Waals surface area contributed by atoms with E-state index in [0.717, 1.165) is 16.5 Å². The highest BCUT2D eigenvalue weighted by molar-refractivity contribution is 6.32. The summed E-state index contributed by atoms with van der Waals surface area (Å²) in [6.45, 7) is 6.09. The van der Waals surface area contributed by atoms with Crippen LogP contribution in [0.3, 0.4) is 0 Å². The van der Waals surface area contributed by atoms with E-state index >= 15 is 0 Å². The number of phenolic OH excluding ortho intramolecular Hbond substituents is 1. The lowest BCUT2D eigenvalue weighted by Gasteiger charge is -2.10. The minimum Gasteiger partial charge on any atom is -0.507 e. The minimum absolute atomic E-state index is 0.288. The molecule has 0 saturated carbocycles. The van der Waals surface area contributed by atoms with Crippen LogP contribution in [0.15, 0.2) is 18.2 Å². The first-order valence-corrected chi connectivity index (χ1v) is 5.39. The Hall–Kier alpha value is -1.15. The van der Waals surface area contributed by atoms with Gasteiger partial charge in [-0.25, -0.2) is 0 Å². The van der Waals surface area contributed by atoms with Crippen molar-refractivity contribution in [1.82, 2.24) is 4.57 Å². The molecule has 0 aliphatic rings. The minimum atomic E-state index is 0.288.